The van der Waals surface area contributed by atoms with E-state index < -0.39 is 40.3 Å². The minimum Gasteiger partial charge on any atom is -0.465 e. The highest BCUT2D eigenvalue weighted by Crippen LogP contribution is 2.36. The average molecular weight is 663 g/mol. The number of rotatable bonds is 8. The molecule has 1 aliphatic rings. The zero-order valence-electron chi connectivity index (χ0n) is 24.1. The maximum atomic E-state index is 14.9. The van der Waals surface area contributed by atoms with Gasteiger partial charge in [-0.15, -0.1) is 0 Å². The summed E-state index contributed by atoms with van der Waals surface area (Å²) in [7, 11) is -3.94. The molecule has 46 heavy (non-hydrogen) atoms. The van der Waals surface area contributed by atoms with Crippen LogP contribution in [0.2, 0.25) is 5.02 Å². The van der Waals surface area contributed by atoms with Gasteiger partial charge in [0, 0.05) is 40.5 Å². The Morgan fingerprint density at radius 2 is 1.63 bits per heavy atom. The zero-order valence-corrected chi connectivity index (χ0v) is 25.7. The Hall–Kier alpha value is -5.01. The van der Waals surface area contributed by atoms with E-state index in [1.54, 1.807) is 42.5 Å². The number of alkyl halides is 1. The summed E-state index contributed by atoms with van der Waals surface area (Å²) in [6.07, 6.45) is 1.16. The molecule has 1 fully saturated rings. The van der Waals surface area contributed by atoms with Crippen molar-refractivity contribution in [3.05, 3.63) is 102 Å². The van der Waals surface area contributed by atoms with Crippen LogP contribution in [0, 0.1) is 0 Å². The minimum atomic E-state index is -3.94. The lowest BCUT2D eigenvalue weighted by atomic mass is 9.89. The third kappa shape index (κ3) is 6.51. The van der Waals surface area contributed by atoms with Gasteiger partial charge in [-0.3, -0.25) is 10.1 Å². The molecule has 6 rings (SSSR count). The molecule has 1 saturated carbocycles. The summed E-state index contributed by atoms with van der Waals surface area (Å²) in [6.45, 7) is 0. The molecule has 11 nitrogen and oxygen atoms in total. The van der Waals surface area contributed by atoms with E-state index in [0.29, 0.717) is 39.8 Å². The second kappa shape index (κ2) is 12.8. The molecule has 3 unspecified atom stereocenters. The van der Waals surface area contributed by atoms with E-state index in [4.69, 9.17) is 16.7 Å². The Labute approximate surface area is 268 Å². The van der Waals surface area contributed by atoms with E-state index >= 15 is 0 Å². The molecule has 2 amide bonds. The van der Waals surface area contributed by atoms with Crippen LogP contribution in [0.5, 0.6) is 0 Å². The number of amides is 2. The molecule has 1 aliphatic carbocycles. The molecule has 14 heteroatoms. The number of nitrogens with one attached hydrogen (secondary N) is 3. The van der Waals surface area contributed by atoms with Crippen LogP contribution >= 0.6 is 11.6 Å². The van der Waals surface area contributed by atoms with Crippen LogP contribution in [-0.2, 0) is 10.0 Å². The summed E-state index contributed by atoms with van der Waals surface area (Å²) in [5.74, 6) is -0.237. The third-order valence-electron chi connectivity index (χ3n) is 7.69. The number of carbonyl (C=O) groups excluding carboxylic acids is 1. The van der Waals surface area contributed by atoms with Gasteiger partial charge in [-0.1, -0.05) is 48.0 Å². The summed E-state index contributed by atoms with van der Waals surface area (Å²) < 4.78 is 43.2. The number of aromatic nitrogens is 3. The highest BCUT2D eigenvalue weighted by atomic mass is 35.5. The van der Waals surface area contributed by atoms with Gasteiger partial charge in [-0.25, -0.2) is 31.5 Å². The summed E-state index contributed by atoms with van der Waals surface area (Å²) in [6, 6.07) is 20.1. The second-order valence-corrected chi connectivity index (χ2v) is 13.1. The van der Waals surface area contributed by atoms with E-state index in [1.165, 1.54) is 52.8 Å². The molecule has 5 aromatic rings. The second-order valence-electron chi connectivity index (χ2n) is 10.9. The molecule has 3 aromatic carbocycles. The van der Waals surface area contributed by atoms with Crippen molar-refractivity contribution in [1.82, 2.24) is 19.3 Å². The average Bonchev–Trinajstić information content (AvgIpc) is 3.43. The summed E-state index contributed by atoms with van der Waals surface area (Å²) in [4.78, 5) is 32.7. The van der Waals surface area contributed by atoms with Crippen molar-refractivity contribution in [2.24, 2.45) is 0 Å². The fraction of sp³-hybridized carbons (Fsp3) is 0.188. The number of hydrogen-bond acceptors (Lipinski definition) is 7. The molecule has 0 bridgehead atoms. The smallest absolute Gasteiger partial charge is 0.409 e. The highest BCUT2D eigenvalue weighted by Gasteiger charge is 2.31. The number of carbonyl (C=O) groups is 2. The van der Waals surface area contributed by atoms with Crippen molar-refractivity contribution in [3.8, 4) is 11.3 Å². The lowest BCUT2D eigenvalue weighted by Crippen LogP contribution is -2.45. The number of anilines is 2. The monoisotopic (exact) mass is 662 g/mol. The predicted molar refractivity (Wildman–Crippen MR) is 173 cm³/mol. The van der Waals surface area contributed by atoms with Gasteiger partial charge in [0.15, 0.2) is 0 Å². The van der Waals surface area contributed by atoms with E-state index in [9.17, 15) is 22.4 Å². The zero-order chi connectivity index (χ0) is 32.4. The van der Waals surface area contributed by atoms with Gasteiger partial charge in [0.1, 0.15) is 6.17 Å². The van der Waals surface area contributed by atoms with Crippen LogP contribution in [0.4, 0.5) is 20.8 Å². The molecular weight excluding hydrogens is 635 g/mol. The first-order chi connectivity index (χ1) is 22.1. The van der Waals surface area contributed by atoms with Crippen molar-refractivity contribution in [2.45, 2.75) is 42.4 Å². The Kier molecular flexibility index (Phi) is 8.61. The van der Waals surface area contributed by atoms with Crippen LogP contribution in [-0.4, -0.2) is 57.7 Å². The number of para-hydroxylation sites is 1. The minimum absolute atomic E-state index is 0.130. The van der Waals surface area contributed by atoms with Crippen LogP contribution in [0.1, 0.15) is 29.6 Å². The SMILES string of the molecule is O=C(O)Nc1ccc(C(=O)NC2CC(F)CC(Nc3ncc(Cl)c(-c4cn(S(=O)(=O)c5ccccc5)c5ccccc45)n3)C2)cc1. The van der Waals surface area contributed by atoms with Crippen LogP contribution in [0.3, 0.4) is 0 Å². The normalized spacial score (nSPS) is 18.2. The highest BCUT2D eigenvalue weighted by molar-refractivity contribution is 7.90. The summed E-state index contributed by atoms with van der Waals surface area (Å²) in [5, 5.41) is 17.9. The first-order valence-electron chi connectivity index (χ1n) is 14.3. The van der Waals surface area contributed by atoms with Gasteiger partial charge in [-0.2, -0.15) is 0 Å². The molecule has 3 atom stereocenters. The van der Waals surface area contributed by atoms with Crippen LogP contribution < -0.4 is 16.0 Å². The van der Waals surface area contributed by atoms with Gasteiger partial charge in [0.05, 0.1) is 27.3 Å². The number of hydrogen-bond donors (Lipinski definition) is 4. The van der Waals surface area contributed by atoms with E-state index in [0.717, 1.165) is 0 Å². The largest absolute Gasteiger partial charge is 0.465 e. The predicted octanol–water partition coefficient (Wildman–Crippen LogP) is 6.18. The van der Waals surface area contributed by atoms with Crippen molar-refractivity contribution < 1.29 is 27.5 Å². The Morgan fingerprint density at radius 1 is 0.935 bits per heavy atom. The molecule has 2 heterocycles. The molecule has 0 spiro atoms. The standard InChI is InChI=1S/C32H28ClFN6O5S/c33-27-17-35-31(37-23-15-20(34)14-22(16-23)36-30(41)19-10-12-21(13-11-19)38-32(42)43)39-29(27)26-18-40(28-9-5-4-8-25(26)28)46(44,45)24-6-2-1-3-7-24/h1-13,17-18,20,22-23,38H,14-16H2,(H,36,41)(H,42,43)(H,35,37,39). The third-order valence-corrected chi connectivity index (χ3v) is 9.66. The summed E-state index contributed by atoms with van der Waals surface area (Å²) in [5.41, 5.74) is 1.85. The van der Waals surface area contributed by atoms with Gasteiger partial charge < -0.3 is 15.7 Å². The number of benzene rings is 3. The Morgan fingerprint density at radius 3 is 2.37 bits per heavy atom. The van der Waals surface area contributed by atoms with Gasteiger partial charge in [0.2, 0.25) is 5.95 Å². The maximum Gasteiger partial charge on any atom is 0.409 e. The Balaban J connectivity index is 1.22. The topological polar surface area (TPSA) is 155 Å². The fourth-order valence-corrected chi connectivity index (χ4v) is 7.22. The molecule has 236 valence electrons. The van der Waals surface area contributed by atoms with E-state index in [-0.39, 0.29) is 28.7 Å². The molecule has 0 aliphatic heterocycles. The number of halogens is 2. The lowest BCUT2D eigenvalue weighted by Gasteiger charge is -2.32. The molecule has 4 N–H and O–H groups in total. The quantitative estimate of drug-likeness (QED) is 0.154. The van der Waals surface area contributed by atoms with E-state index in [2.05, 4.69) is 25.9 Å². The van der Waals surface area contributed by atoms with Crippen LogP contribution in [0.15, 0.2) is 96.2 Å². The Bertz CT molecular complexity index is 2020. The van der Waals surface area contributed by atoms with Crippen molar-refractivity contribution >= 4 is 56.2 Å². The molecular formula is C32H28ClFN6O5S. The van der Waals surface area contributed by atoms with Gasteiger partial charge in [0.25, 0.3) is 15.9 Å². The van der Waals surface area contributed by atoms with Gasteiger partial charge >= 0.3 is 6.09 Å². The molecule has 0 saturated heterocycles. The van der Waals surface area contributed by atoms with Crippen LogP contribution in [0.25, 0.3) is 22.2 Å². The molecule has 0 radical (unpaired) electrons. The maximum absolute atomic E-state index is 14.9. The van der Waals surface area contributed by atoms with Crippen molar-refractivity contribution in [1.29, 1.82) is 0 Å². The first kappa shape index (κ1) is 31.0. The van der Waals surface area contributed by atoms with Crippen molar-refractivity contribution in [2.75, 3.05) is 10.6 Å². The first-order valence-corrected chi connectivity index (χ1v) is 16.2. The number of nitrogens with zero attached hydrogens (tertiary/aromatic N) is 3. The molecule has 2 aromatic heterocycles. The summed E-state index contributed by atoms with van der Waals surface area (Å²) >= 11 is 6.56. The van der Waals surface area contributed by atoms with E-state index in [1.807, 2.05) is 0 Å². The fourth-order valence-electron chi connectivity index (χ4n) is 5.63. The number of carboxylic acid groups (broad SMARTS) is 1. The number of fused-ring (bicyclic) bond motifs is 1. The van der Waals surface area contributed by atoms with Gasteiger partial charge in [-0.05, 0) is 61.7 Å². The lowest BCUT2D eigenvalue weighted by molar-refractivity contribution is 0.0909. The van der Waals surface area contributed by atoms with Crippen molar-refractivity contribution in [3.63, 3.8) is 0 Å².